The zero-order valence-electron chi connectivity index (χ0n) is 11.7. The lowest BCUT2D eigenvalue weighted by Crippen LogP contribution is -2.26. The van der Waals surface area contributed by atoms with Gasteiger partial charge in [-0.15, -0.1) is 0 Å². The molecular weight excluding hydrogens is 299 g/mol. The fourth-order valence-corrected chi connectivity index (χ4v) is 1.75. The number of carbonyl (C=O) groups is 2. The molecule has 0 aliphatic rings. The molecule has 0 spiro atoms. The number of benzene rings is 1. The summed E-state index contributed by atoms with van der Waals surface area (Å²) in [5.41, 5.74) is -2.16. The maximum absolute atomic E-state index is 13.8. The summed E-state index contributed by atoms with van der Waals surface area (Å²) in [7, 11) is 0. The molecule has 9 heteroatoms. The average Bonchev–Trinajstić information content (AvgIpc) is 2.50. The van der Waals surface area contributed by atoms with Gasteiger partial charge in [-0.3, -0.25) is 29.8 Å². The Morgan fingerprint density at radius 1 is 1.23 bits per heavy atom. The van der Waals surface area contributed by atoms with Crippen molar-refractivity contribution in [2.24, 2.45) is 0 Å². The van der Waals surface area contributed by atoms with Gasteiger partial charge in [0.25, 0.3) is 11.4 Å². The highest BCUT2D eigenvalue weighted by Crippen LogP contribution is 2.26. The van der Waals surface area contributed by atoms with E-state index in [0.29, 0.717) is 18.9 Å². The highest BCUT2D eigenvalue weighted by atomic mass is 19.1. The molecule has 0 aromatic heterocycles. The van der Waals surface area contributed by atoms with Crippen molar-refractivity contribution in [1.29, 1.82) is 0 Å². The molecule has 0 saturated heterocycles. The van der Waals surface area contributed by atoms with Crippen LogP contribution < -0.4 is 0 Å². The van der Waals surface area contributed by atoms with Crippen molar-refractivity contribution < 1.29 is 23.8 Å². The topological polar surface area (TPSA) is 120 Å². The van der Waals surface area contributed by atoms with Gasteiger partial charge in [0.15, 0.2) is 5.78 Å². The number of nitro groups is 2. The second-order valence-corrected chi connectivity index (χ2v) is 4.51. The maximum atomic E-state index is 13.8. The molecule has 1 rings (SSSR count). The minimum atomic E-state index is -2.51. The number of hydrogen-bond acceptors (Lipinski definition) is 6. The zero-order valence-corrected chi connectivity index (χ0v) is 11.7. The number of unbranched alkanes of at least 4 members (excludes halogenated alkanes) is 1. The highest BCUT2D eigenvalue weighted by molar-refractivity contribution is 6.14. The van der Waals surface area contributed by atoms with E-state index in [1.807, 2.05) is 0 Å². The largest absolute Gasteiger partial charge is 0.296 e. The summed E-state index contributed by atoms with van der Waals surface area (Å²) in [6.07, 6.45) is -1.63. The van der Waals surface area contributed by atoms with Gasteiger partial charge in [-0.05, 0) is 12.5 Å². The Kier molecular flexibility index (Phi) is 5.79. The van der Waals surface area contributed by atoms with Crippen LogP contribution in [-0.2, 0) is 4.79 Å². The van der Waals surface area contributed by atoms with Gasteiger partial charge < -0.3 is 0 Å². The monoisotopic (exact) mass is 312 g/mol. The van der Waals surface area contributed by atoms with E-state index < -0.39 is 44.5 Å². The van der Waals surface area contributed by atoms with Gasteiger partial charge >= 0.3 is 0 Å². The van der Waals surface area contributed by atoms with Crippen LogP contribution in [0.2, 0.25) is 0 Å². The maximum Gasteiger partial charge on any atom is 0.287 e. The predicted molar refractivity (Wildman–Crippen MR) is 73.5 cm³/mol. The van der Waals surface area contributed by atoms with Gasteiger partial charge in [0.1, 0.15) is 0 Å². The van der Waals surface area contributed by atoms with E-state index in [-0.39, 0.29) is 6.42 Å². The summed E-state index contributed by atoms with van der Waals surface area (Å²) in [4.78, 5) is 43.0. The fourth-order valence-electron chi connectivity index (χ4n) is 1.75. The number of Topliss-reactive ketones (excluding diaryl/α,β-unsaturated/α-hetero) is 2. The Balaban J connectivity index is 3.14. The zero-order chi connectivity index (χ0) is 16.9. The summed E-state index contributed by atoms with van der Waals surface area (Å²) < 4.78 is 13.8. The lowest BCUT2D eigenvalue weighted by Gasteiger charge is -2.07. The van der Waals surface area contributed by atoms with Crippen molar-refractivity contribution in [1.82, 2.24) is 0 Å². The number of non-ortho nitro benzene ring substituents is 1. The second kappa shape index (κ2) is 7.34. The average molecular weight is 312 g/mol. The van der Waals surface area contributed by atoms with Crippen molar-refractivity contribution in [3.63, 3.8) is 0 Å². The molecule has 8 nitrogen and oxygen atoms in total. The van der Waals surface area contributed by atoms with Crippen molar-refractivity contribution in [2.45, 2.75) is 32.4 Å². The third-order valence-corrected chi connectivity index (χ3v) is 2.94. The molecule has 0 aliphatic carbocycles. The van der Waals surface area contributed by atoms with Crippen molar-refractivity contribution in [3.8, 4) is 0 Å². The van der Waals surface area contributed by atoms with Crippen LogP contribution in [0.1, 0.15) is 36.5 Å². The van der Waals surface area contributed by atoms with E-state index in [1.165, 1.54) is 0 Å². The number of rotatable bonds is 8. The van der Waals surface area contributed by atoms with E-state index in [4.69, 9.17) is 0 Å². The van der Waals surface area contributed by atoms with Crippen LogP contribution in [0.3, 0.4) is 0 Å². The number of ketones is 2. The molecule has 0 N–H and O–H groups in total. The minimum absolute atomic E-state index is 0.149. The normalized spacial score (nSPS) is 11.7. The number of halogens is 1. The molecule has 118 valence electrons. The van der Waals surface area contributed by atoms with E-state index in [9.17, 15) is 34.2 Å². The Morgan fingerprint density at radius 3 is 2.36 bits per heavy atom. The van der Waals surface area contributed by atoms with Gasteiger partial charge in [0.2, 0.25) is 12.0 Å². The standard InChI is InChI=1S/C13H13FN2O6/c1-2-3-4-11(17)12(14)13(18)9-6-5-8(15(19)20)7-10(9)16(21)22/h5-7,12H,2-4H2,1H3. The molecule has 0 fully saturated rings. The first-order valence-corrected chi connectivity index (χ1v) is 6.43. The van der Waals surface area contributed by atoms with Gasteiger partial charge in [-0.25, -0.2) is 4.39 Å². The molecule has 1 unspecified atom stereocenters. The Labute approximate surface area is 124 Å². The Morgan fingerprint density at radius 2 is 1.86 bits per heavy atom. The molecule has 0 aliphatic heterocycles. The lowest BCUT2D eigenvalue weighted by atomic mass is 9.99. The number of hydrogen-bond donors (Lipinski definition) is 0. The van der Waals surface area contributed by atoms with Gasteiger partial charge in [0, 0.05) is 12.5 Å². The first kappa shape index (κ1) is 17.3. The Bertz CT molecular complexity index is 631. The molecule has 0 saturated carbocycles. The summed E-state index contributed by atoms with van der Waals surface area (Å²) in [5, 5.41) is 21.5. The number of alkyl halides is 1. The molecule has 0 bridgehead atoms. The van der Waals surface area contributed by atoms with Gasteiger partial charge in [-0.1, -0.05) is 13.3 Å². The first-order chi connectivity index (χ1) is 10.3. The number of nitro benzene ring substituents is 2. The fraction of sp³-hybridized carbons (Fsp3) is 0.385. The second-order valence-electron chi connectivity index (χ2n) is 4.51. The SMILES string of the molecule is CCCCC(=O)C(F)C(=O)c1ccc([N+](=O)[O-])cc1[N+](=O)[O-]. The summed E-state index contributed by atoms with van der Waals surface area (Å²) in [6, 6.07) is 2.21. The molecule has 1 atom stereocenters. The highest BCUT2D eigenvalue weighted by Gasteiger charge is 2.32. The smallest absolute Gasteiger partial charge is 0.287 e. The summed E-state index contributed by atoms with van der Waals surface area (Å²) in [5.74, 6) is -2.32. The van der Waals surface area contributed by atoms with E-state index >= 15 is 0 Å². The molecule has 22 heavy (non-hydrogen) atoms. The van der Waals surface area contributed by atoms with Crippen LogP contribution in [0.25, 0.3) is 0 Å². The lowest BCUT2D eigenvalue weighted by molar-refractivity contribution is -0.394. The van der Waals surface area contributed by atoms with Crippen LogP contribution >= 0.6 is 0 Å². The third-order valence-electron chi connectivity index (χ3n) is 2.94. The van der Waals surface area contributed by atoms with Crippen molar-refractivity contribution >= 4 is 22.9 Å². The van der Waals surface area contributed by atoms with E-state index in [1.54, 1.807) is 6.92 Å². The van der Waals surface area contributed by atoms with Crippen LogP contribution in [0.4, 0.5) is 15.8 Å². The van der Waals surface area contributed by atoms with Crippen molar-refractivity contribution in [3.05, 3.63) is 44.0 Å². The molecule has 1 aromatic carbocycles. The van der Waals surface area contributed by atoms with E-state index in [2.05, 4.69) is 0 Å². The summed E-state index contributed by atoms with van der Waals surface area (Å²) in [6.45, 7) is 1.78. The van der Waals surface area contributed by atoms with Crippen LogP contribution in [0.15, 0.2) is 18.2 Å². The van der Waals surface area contributed by atoms with Crippen LogP contribution in [-0.4, -0.2) is 27.6 Å². The molecule has 0 heterocycles. The molecule has 0 radical (unpaired) electrons. The van der Waals surface area contributed by atoms with Gasteiger partial charge in [0.05, 0.1) is 21.5 Å². The minimum Gasteiger partial charge on any atom is -0.296 e. The van der Waals surface area contributed by atoms with Crippen LogP contribution in [0.5, 0.6) is 0 Å². The van der Waals surface area contributed by atoms with Crippen molar-refractivity contribution in [2.75, 3.05) is 0 Å². The number of carbonyl (C=O) groups excluding carboxylic acids is 2. The molecular formula is C13H13FN2O6. The molecule has 0 amide bonds. The predicted octanol–water partition coefficient (Wildman–Crippen LogP) is 2.78. The van der Waals surface area contributed by atoms with Crippen LogP contribution in [0, 0.1) is 20.2 Å². The quantitative estimate of drug-likeness (QED) is 0.315. The summed E-state index contributed by atoms with van der Waals surface area (Å²) >= 11 is 0. The first-order valence-electron chi connectivity index (χ1n) is 6.43. The Hall–Kier alpha value is -2.71. The van der Waals surface area contributed by atoms with Gasteiger partial charge in [-0.2, -0.15) is 0 Å². The third kappa shape index (κ3) is 3.90. The van der Waals surface area contributed by atoms with E-state index in [0.717, 1.165) is 12.1 Å². The molecule has 1 aromatic rings. The number of nitrogens with zero attached hydrogens (tertiary/aromatic N) is 2.